The monoisotopic (exact) mass is 326 g/mol. The first-order valence-corrected chi connectivity index (χ1v) is 9.16. The fourth-order valence-corrected chi connectivity index (χ4v) is 3.67. The molecule has 134 valence electrons. The average Bonchev–Trinajstić information content (AvgIpc) is 2.51. The number of carbonyl (C=O) groups excluding carboxylic acids is 1. The van der Waals surface area contributed by atoms with Crippen LogP contribution in [0, 0.1) is 0 Å². The third kappa shape index (κ3) is 5.64. The Morgan fingerprint density at radius 2 is 1.83 bits per heavy atom. The van der Waals surface area contributed by atoms with E-state index in [4.69, 9.17) is 9.47 Å². The number of rotatable bonds is 4. The zero-order chi connectivity index (χ0) is 16.9. The number of methoxy groups -OCH3 is 1. The highest BCUT2D eigenvalue weighted by molar-refractivity contribution is 5.68. The van der Waals surface area contributed by atoms with Crippen LogP contribution in [-0.2, 0) is 9.47 Å². The van der Waals surface area contributed by atoms with Crippen molar-refractivity contribution in [3.05, 3.63) is 0 Å². The number of nitrogens with one attached hydrogen (secondary N) is 1. The predicted octanol–water partition coefficient (Wildman–Crippen LogP) is 3.32. The Balaban J connectivity index is 1.89. The van der Waals surface area contributed by atoms with E-state index in [1.54, 1.807) is 7.11 Å². The smallest absolute Gasteiger partial charge is 0.410 e. The zero-order valence-corrected chi connectivity index (χ0v) is 15.3. The molecule has 3 unspecified atom stereocenters. The number of hydrogen-bond acceptors (Lipinski definition) is 4. The van der Waals surface area contributed by atoms with E-state index in [1.165, 1.54) is 19.3 Å². The maximum atomic E-state index is 12.4. The molecule has 1 aliphatic carbocycles. The number of hydrogen-bond donors (Lipinski definition) is 1. The second-order valence-corrected chi connectivity index (χ2v) is 7.90. The molecule has 1 aliphatic heterocycles. The van der Waals surface area contributed by atoms with Gasteiger partial charge in [-0.2, -0.15) is 0 Å². The van der Waals surface area contributed by atoms with Gasteiger partial charge in [0.2, 0.25) is 0 Å². The second kappa shape index (κ2) is 8.34. The van der Waals surface area contributed by atoms with E-state index in [1.807, 2.05) is 25.7 Å². The average molecular weight is 326 g/mol. The van der Waals surface area contributed by atoms with Crippen LogP contribution in [0.4, 0.5) is 4.79 Å². The minimum Gasteiger partial charge on any atom is -0.444 e. The highest BCUT2D eigenvalue weighted by atomic mass is 16.6. The summed E-state index contributed by atoms with van der Waals surface area (Å²) in [5, 5.41) is 3.67. The summed E-state index contributed by atoms with van der Waals surface area (Å²) in [5.74, 6) is 0. The zero-order valence-electron chi connectivity index (χ0n) is 15.3. The number of carbonyl (C=O) groups is 1. The summed E-state index contributed by atoms with van der Waals surface area (Å²) in [6.07, 6.45) is 8.26. The van der Waals surface area contributed by atoms with Crippen molar-refractivity contribution in [1.82, 2.24) is 10.2 Å². The van der Waals surface area contributed by atoms with Crippen LogP contribution in [0.1, 0.15) is 65.7 Å². The lowest BCUT2D eigenvalue weighted by Crippen LogP contribution is -2.53. The standard InChI is InChI=1S/C18H34N2O3/c1-18(2,3)23-17(21)20-12-8-7-9-14(20)13-19-15-10-5-6-11-16(15)22-4/h14-16,19H,5-13H2,1-4H3. The lowest BCUT2D eigenvalue weighted by molar-refractivity contribution is 0.00658. The third-order valence-electron chi connectivity index (χ3n) is 4.88. The number of amides is 1. The Labute approximate surface area is 141 Å². The molecule has 2 rings (SSSR count). The maximum Gasteiger partial charge on any atom is 0.410 e. The molecule has 5 nitrogen and oxygen atoms in total. The van der Waals surface area contributed by atoms with Crippen LogP contribution in [0.5, 0.6) is 0 Å². The predicted molar refractivity (Wildman–Crippen MR) is 91.6 cm³/mol. The molecule has 0 bridgehead atoms. The molecule has 1 saturated heterocycles. The maximum absolute atomic E-state index is 12.4. The largest absolute Gasteiger partial charge is 0.444 e. The van der Waals surface area contributed by atoms with Crippen LogP contribution in [0.2, 0.25) is 0 Å². The van der Waals surface area contributed by atoms with Gasteiger partial charge in [-0.25, -0.2) is 4.79 Å². The molecule has 5 heteroatoms. The van der Waals surface area contributed by atoms with Crippen molar-refractivity contribution in [3.63, 3.8) is 0 Å². The van der Waals surface area contributed by atoms with Crippen LogP contribution in [0.25, 0.3) is 0 Å². The molecular weight excluding hydrogens is 292 g/mol. The summed E-state index contributed by atoms with van der Waals surface area (Å²) >= 11 is 0. The van der Waals surface area contributed by atoms with E-state index in [0.717, 1.165) is 38.8 Å². The quantitative estimate of drug-likeness (QED) is 0.861. The first kappa shape index (κ1) is 18.5. The van der Waals surface area contributed by atoms with Gasteiger partial charge in [-0.05, 0) is 52.9 Å². The summed E-state index contributed by atoms with van der Waals surface area (Å²) in [4.78, 5) is 14.4. The molecular formula is C18H34N2O3. The molecule has 1 heterocycles. The summed E-state index contributed by atoms with van der Waals surface area (Å²) in [6.45, 7) is 7.41. The van der Waals surface area contributed by atoms with Crippen molar-refractivity contribution >= 4 is 6.09 Å². The van der Waals surface area contributed by atoms with Gasteiger partial charge in [0.15, 0.2) is 0 Å². The fourth-order valence-electron chi connectivity index (χ4n) is 3.67. The normalized spacial score (nSPS) is 29.4. The van der Waals surface area contributed by atoms with Gasteiger partial charge in [0, 0.05) is 32.3 Å². The molecule has 1 amide bonds. The van der Waals surface area contributed by atoms with Crippen LogP contribution in [-0.4, -0.2) is 55.0 Å². The first-order valence-electron chi connectivity index (χ1n) is 9.16. The Bertz CT molecular complexity index is 381. The van der Waals surface area contributed by atoms with E-state index >= 15 is 0 Å². The minimum atomic E-state index is -0.434. The summed E-state index contributed by atoms with van der Waals surface area (Å²) < 4.78 is 11.2. The topological polar surface area (TPSA) is 50.8 Å². The fraction of sp³-hybridized carbons (Fsp3) is 0.944. The number of piperidine rings is 1. The molecule has 0 aromatic rings. The van der Waals surface area contributed by atoms with Crippen LogP contribution in [0.3, 0.4) is 0 Å². The molecule has 3 atom stereocenters. The highest BCUT2D eigenvalue weighted by Crippen LogP contribution is 2.23. The van der Waals surface area contributed by atoms with Crippen LogP contribution >= 0.6 is 0 Å². The number of nitrogens with zero attached hydrogens (tertiary/aromatic N) is 1. The number of likely N-dealkylation sites (tertiary alicyclic amines) is 1. The van der Waals surface area contributed by atoms with Gasteiger partial charge in [-0.3, -0.25) is 0 Å². The molecule has 1 N–H and O–H groups in total. The van der Waals surface area contributed by atoms with Gasteiger partial charge in [-0.15, -0.1) is 0 Å². The van der Waals surface area contributed by atoms with Crippen molar-refractivity contribution in [2.75, 3.05) is 20.2 Å². The van der Waals surface area contributed by atoms with Crippen LogP contribution in [0.15, 0.2) is 0 Å². The second-order valence-electron chi connectivity index (χ2n) is 7.90. The third-order valence-corrected chi connectivity index (χ3v) is 4.88. The van der Waals surface area contributed by atoms with Crippen molar-refractivity contribution in [1.29, 1.82) is 0 Å². The molecule has 1 saturated carbocycles. The molecule has 2 aliphatic rings. The molecule has 0 aromatic heterocycles. The van der Waals surface area contributed by atoms with Crippen molar-refractivity contribution in [3.8, 4) is 0 Å². The van der Waals surface area contributed by atoms with Crippen molar-refractivity contribution in [2.24, 2.45) is 0 Å². The van der Waals surface area contributed by atoms with Gasteiger partial charge < -0.3 is 19.7 Å². The van der Waals surface area contributed by atoms with Crippen molar-refractivity contribution in [2.45, 2.75) is 89.5 Å². The molecule has 23 heavy (non-hydrogen) atoms. The summed E-state index contributed by atoms with van der Waals surface area (Å²) in [6, 6.07) is 0.647. The van der Waals surface area contributed by atoms with Crippen LogP contribution < -0.4 is 5.32 Å². The van der Waals surface area contributed by atoms with Gasteiger partial charge in [0.05, 0.1) is 6.10 Å². The lowest BCUT2D eigenvalue weighted by atomic mass is 9.92. The Morgan fingerprint density at radius 1 is 1.13 bits per heavy atom. The SMILES string of the molecule is COC1CCCCC1NCC1CCCCN1C(=O)OC(C)(C)C. The van der Waals surface area contributed by atoms with Gasteiger partial charge >= 0.3 is 6.09 Å². The van der Waals surface area contributed by atoms with Gasteiger partial charge in [-0.1, -0.05) is 12.8 Å². The van der Waals surface area contributed by atoms with E-state index in [9.17, 15) is 4.79 Å². The molecule has 2 fully saturated rings. The molecule has 0 aromatic carbocycles. The van der Waals surface area contributed by atoms with E-state index in [0.29, 0.717) is 12.1 Å². The van der Waals surface area contributed by atoms with E-state index < -0.39 is 5.60 Å². The summed E-state index contributed by atoms with van der Waals surface area (Å²) in [5.41, 5.74) is -0.434. The molecule has 0 radical (unpaired) electrons. The Hall–Kier alpha value is -0.810. The highest BCUT2D eigenvalue weighted by Gasteiger charge is 2.32. The minimum absolute atomic E-state index is 0.170. The lowest BCUT2D eigenvalue weighted by Gasteiger charge is -2.39. The summed E-state index contributed by atoms with van der Waals surface area (Å²) in [7, 11) is 1.80. The van der Waals surface area contributed by atoms with E-state index in [2.05, 4.69) is 5.32 Å². The Kier molecular flexibility index (Phi) is 6.72. The first-order chi connectivity index (χ1) is 10.9. The molecule has 0 spiro atoms. The van der Waals surface area contributed by atoms with E-state index in [-0.39, 0.29) is 12.1 Å². The van der Waals surface area contributed by atoms with Crippen molar-refractivity contribution < 1.29 is 14.3 Å². The Morgan fingerprint density at radius 3 is 2.52 bits per heavy atom. The van der Waals surface area contributed by atoms with Gasteiger partial charge in [0.25, 0.3) is 0 Å². The van der Waals surface area contributed by atoms with Gasteiger partial charge in [0.1, 0.15) is 5.60 Å². The number of ether oxygens (including phenoxy) is 2.